The zero-order chi connectivity index (χ0) is 27.8. The standard InChI is InChI=1S/C27H28F3N5O4/c28-27(29,30)23(18-3-1-16(2-4-18)17-5-7-19(36)8-6-17)39-22-13-21(33-25(31)34-22)35-11-9-26(10-12-35)14-20(24(37)38)32-15-26/h1-8,13,20,23,32,36H,9-12,14-15H2,(H,37,38)(H2,31,33,34)/t20?,23-/m1/s1. The van der Waals surface area contributed by atoms with E-state index in [-0.39, 0.29) is 28.6 Å². The van der Waals surface area contributed by atoms with Gasteiger partial charge < -0.3 is 30.9 Å². The van der Waals surface area contributed by atoms with Crippen LogP contribution in [-0.2, 0) is 4.79 Å². The Morgan fingerprint density at radius 1 is 1.08 bits per heavy atom. The van der Waals surface area contributed by atoms with Crippen molar-refractivity contribution in [1.82, 2.24) is 15.3 Å². The first-order valence-corrected chi connectivity index (χ1v) is 12.5. The molecule has 0 saturated carbocycles. The minimum absolute atomic E-state index is 0.0934. The highest BCUT2D eigenvalue weighted by Crippen LogP contribution is 2.41. The highest BCUT2D eigenvalue weighted by atomic mass is 19.4. The summed E-state index contributed by atoms with van der Waals surface area (Å²) in [5, 5.41) is 21.8. The highest BCUT2D eigenvalue weighted by molar-refractivity contribution is 5.74. The van der Waals surface area contributed by atoms with Gasteiger partial charge in [0.2, 0.25) is 17.9 Å². The number of halogens is 3. The largest absolute Gasteiger partial charge is 0.508 e. The molecule has 2 aliphatic heterocycles. The van der Waals surface area contributed by atoms with Crippen LogP contribution in [0.15, 0.2) is 54.6 Å². The molecule has 9 nitrogen and oxygen atoms in total. The second kappa shape index (κ2) is 10.3. The number of nitrogens with zero attached hydrogens (tertiary/aromatic N) is 3. The van der Waals surface area contributed by atoms with E-state index in [0.29, 0.717) is 50.3 Å². The lowest BCUT2D eigenvalue weighted by atomic mass is 9.76. The lowest BCUT2D eigenvalue weighted by molar-refractivity contribution is -0.198. The first-order valence-electron chi connectivity index (χ1n) is 12.5. The van der Waals surface area contributed by atoms with Crippen molar-refractivity contribution in [3.63, 3.8) is 0 Å². The van der Waals surface area contributed by atoms with Gasteiger partial charge in [-0.15, -0.1) is 0 Å². The Balaban J connectivity index is 1.32. The number of aromatic nitrogens is 2. The number of aliphatic carboxylic acids is 1. The first-order chi connectivity index (χ1) is 18.5. The van der Waals surface area contributed by atoms with Gasteiger partial charge in [0.1, 0.15) is 17.6 Å². The molecule has 206 valence electrons. The Kier molecular flexibility index (Phi) is 6.98. The zero-order valence-corrected chi connectivity index (χ0v) is 20.9. The third kappa shape index (κ3) is 5.85. The molecule has 2 atom stereocenters. The summed E-state index contributed by atoms with van der Waals surface area (Å²) >= 11 is 0. The third-order valence-electron chi connectivity index (χ3n) is 7.46. The van der Waals surface area contributed by atoms with Crippen molar-refractivity contribution in [1.29, 1.82) is 0 Å². The van der Waals surface area contributed by atoms with Crippen molar-refractivity contribution in [3.05, 3.63) is 60.2 Å². The molecule has 5 N–H and O–H groups in total. The number of nitrogen functional groups attached to an aromatic ring is 1. The van der Waals surface area contributed by atoms with Crippen LogP contribution in [0.1, 0.15) is 30.9 Å². The van der Waals surface area contributed by atoms with Gasteiger partial charge in [0.05, 0.1) is 0 Å². The molecule has 12 heteroatoms. The molecule has 1 unspecified atom stereocenters. The van der Waals surface area contributed by atoms with Crippen molar-refractivity contribution < 1.29 is 32.9 Å². The van der Waals surface area contributed by atoms with Gasteiger partial charge in [0.15, 0.2) is 0 Å². The van der Waals surface area contributed by atoms with Gasteiger partial charge in [-0.05, 0) is 47.9 Å². The van der Waals surface area contributed by atoms with Gasteiger partial charge in [0, 0.05) is 31.3 Å². The van der Waals surface area contributed by atoms with Gasteiger partial charge in [-0.2, -0.15) is 23.1 Å². The van der Waals surface area contributed by atoms with Crippen LogP contribution in [-0.4, -0.2) is 58.0 Å². The second-order valence-corrected chi connectivity index (χ2v) is 10.1. The molecular weight excluding hydrogens is 515 g/mol. The van der Waals surface area contributed by atoms with Crippen LogP contribution in [0.5, 0.6) is 11.6 Å². The van der Waals surface area contributed by atoms with Crippen LogP contribution in [0, 0.1) is 5.41 Å². The highest BCUT2D eigenvalue weighted by Gasteiger charge is 2.45. The van der Waals surface area contributed by atoms with Crippen LogP contribution in [0.3, 0.4) is 0 Å². The lowest BCUT2D eigenvalue weighted by Crippen LogP contribution is -2.41. The Hall–Kier alpha value is -4.06. The summed E-state index contributed by atoms with van der Waals surface area (Å²) in [5.41, 5.74) is 7.03. The maximum absolute atomic E-state index is 14.1. The fourth-order valence-electron chi connectivity index (χ4n) is 5.28. The van der Waals surface area contributed by atoms with E-state index in [1.54, 1.807) is 24.3 Å². The van der Waals surface area contributed by atoms with E-state index in [2.05, 4.69) is 15.3 Å². The summed E-state index contributed by atoms with van der Waals surface area (Å²) < 4.78 is 47.6. The van der Waals surface area contributed by atoms with Gasteiger partial charge in [-0.3, -0.25) is 4.79 Å². The first kappa shape index (κ1) is 26.5. The van der Waals surface area contributed by atoms with E-state index in [1.165, 1.54) is 30.3 Å². The number of hydrogen-bond donors (Lipinski definition) is 4. The molecule has 0 amide bonds. The molecule has 0 aliphatic carbocycles. The molecular formula is C27H28F3N5O4. The van der Waals surface area contributed by atoms with E-state index in [1.807, 2.05) is 4.90 Å². The van der Waals surface area contributed by atoms with Crippen molar-refractivity contribution in [3.8, 4) is 22.8 Å². The number of nitrogens with two attached hydrogens (primary N) is 1. The molecule has 5 rings (SSSR count). The number of alkyl halides is 3. The fourth-order valence-corrected chi connectivity index (χ4v) is 5.28. The second-order valence-electron chi connectivity index (χ2n) is 10.1. The molecule has 3 aromatic rings. The van der Waals surface area contributed by atoms with Crippen LogP contribution in [0.25, 0.3) is 11.1 Å². The van der Waals surface area contributed by atoms with Gasteiger partial charge in [-0.25, -0.2) is 0 Å². The van der Waals surface area contributed by atoms with Crippen molar-refractivity contribution >= 4 is 17.7 Å². The normalized spacial score (nSPS) is 19.7. The molecule has 3 heterocycles. The summed E-state index contributed by atoms with van der Waals surface area (Å²) in [6, 6.07) is 12.9. The fraction of sp³-hybridized carbons (Fsp3) is 0.370. The number of piperidine rings is 1. The Labute approximate surface area is 222 Å². The number of aromatic hydroxyl groups is 1. The molecule has 0 bridgehead atoms. The van der Waals surface area contributed by atoms with Crippen LogP contribution >= 0.6 is 0 Å². The van der Waals surface area contributed by atoms with Crippen LogP contribution < -0.4 is 20.7 Å². The predicted octanol–water partition coefficient (Wildman–Crippen LogP) is 4.15. The quantitative estimate of drug-likeness (QED) is 0.362. The van der Waals surface area contributed by atoms with Crippen molar-refractivity contribution in [2.24, 2.45) is 5.41 Å². The smallest absolute Gasteiger partial charge is 0.429 e. The van der Waals surface area contributed by atoms with Gasteiger partial charge in [-0.1, -0.05) is 36.4 Å². The van der Waals surface area contributed by atoms with Gasteiger partial charge >= 0.3 is 12.1 Å². The maximum Gasteiger partial charge on any atom is 0.429 e. The number of benzene rings is 2. The van der Waals surface area contributed by atoms with Crippen LogP contribution in [0.2, 0.25) is 0 Å². The summed E-state index contributed by atoms with van der Waals surface area (Å²) in [6.07, 6.45) is -5.05. The van der Waals surface area contributed by atoms with Gasteiger partial charge in [0.25, 0.3) is 0 Å². The lowest BCUT2D eigenvalue weighted by Gasteiger charge is -2.39. The Bertz CT molecular complexity index is 1330. The maximum atomic E-state index is 14.1. The molecule has 1 aromatic heterocycles. The van der Waals surface area contributed by atoms with E-state index in [4.69, 9.17) is 10.5 Å². The summed E-state index contributed by atoms with van der Waals surface area (Å²) in [6.45, 7) is 1.70. The molecule has 2 saturated heterocycles. The number of nitrogens with one attached hydrogen (secondary N) is 1. The number of anilines is 2. The number of phenolic OH excluding ortho intramolecular Hbond substituents is 1. The average Bonchev–Trinajstić information content (AvgIpc) is 3.31. The molecule has 39 heavy (non-hydrogen) atoms. The molecule has 2 aromatic carbocycles. The number of hydrogen-bond acceptors (Lipinski definition) is 8. The SMILES string of the molecule is Nc1nc(O[C@H](c2ccc(-c3ccc(O)cc3)cc2)C(F)(F)F)cc(N2CCC3(CC2)CNC(C(=O)O)C3)n1. The molecule has 0 radical (unpaired) electrons. The predicted molar refractivity (Wildman–Crippen MR) is 137 cm³/mol. The molecule has 2 aliphatic rings. The van der Waals surface area contributed by atoms with E-state index in [0.717, 1.165) is 5.56 Å². The van der Waals surface area contributed by atoms with Crippen LogP contribution in [0.4, 0.5) is 24.9 Å². The number of phenols is 1. The topological polar surface area (TPSA) is 134 Å². The zero-order valence-electron chi connectivity index (χ0n) is 20.9. The van der Waals surface area contributed by atoms with E-state index in [9.17, 15) is 28.2 Å². The Morgan fingerprint density at radius 2 is 1.69 bits per heavy atom. The number of rotatable bonds is 6. The number of carboxylic acids is 1. The van der Waals surface area contributed by atoms with E-state index >= 15 is 0 Å². The minimum Gasteiger partial charge on any atom is -0.508 e. The average molecular weight is 544 g/mol. The number of carboxylic acid groups (broad SMARTS) is 1. The van der Waals surface area contributed by atoms with Crippen molar-refractivity contribution in [2.45, 2.75) is 37.6 Å². The Morgan fingerprint density at radius 3 is 2.26 bits per heavy atom. The molecule has 1 spiro atoms. The minimum atomic E-state index is -4.73. The summed E-state index contributed by atoms with van der Waals surface area (Å²) in [4.78, 5) is 21.4. The van der Waals surface area contributed by atoms with E-state index < -0.39 is 24.3 Å². The molecule has 2 fully saturated rings. The number of carbonyl (C=O) groups is 1. The summed E-state index contributed by atoms with van der Waals surface area (Å²) in [5.74, 6) is -0.919. The van der Waals surface area contributed by atoms with Crippen molar-refractivity contribution in [2.75, 3.05) is 30.3 Å². The monoisotopic (exact) mass is 543 g/mol. The number of ether oxygens (including phenoxy) is 1. The summed E-state index contributed by atoms with van der Waals surface area (Å²) in [7, 11) is 0. The third-order valence-corrected chi connectivity index (χ3v) is 7.46.